The van der Waals surface area contributed by atoms with Crippen molar-refractivity contribution in [3.05, 3.63) is 65.9 Å². The number of aromatic amines is 2. The predicted molar refractivity (Wildman–Crippen MR) is 89.4 cm³/mol. The first kappa shape index (κ1) is 12.1. The van der Waals surface area contributed by atoms with Crippen LogP contribution in [0.15, 0.2) is 74.5 Å². The van der Waals surface area contributed by atoms with Gasteiger partial charge in [-0.15, -0.1) is 0 Å². The summed E-state index contributed by atoms with van der Waals surface area (Å²) in [6.07, 6.45) is 9.25. The van der Waals surface area contributed by atoms with Crippen molar-refractivity contribution in [2.45, 2.75) is 0 Å². The minimum absolute atomic E-state index is 0.572. The standard InChI is InChI=1S/C16H11N7/c1-3-11(17-5-1)13-7-10-8-14(12-4-2-6-18-12)22-16-20-9-19-15(21-13)23(10)16/h1-9,17-18H. The fourth-order valence-electron chi connectivity index (χ4n) is 2.71. The van der Waals surface area contributed by atoms with Gasteiger partial charge in [0.05, 0.1) is 28.5 Å². The van der Waals surface area contributed by atoms with Gasteiger partial charge in [0.15, 0.2) is 0 Å². The lowest BCUT2D eigenvalue weighted by molar-refractivity contribution is 0.738. The van der Waals surface area contributed by atoms with Crippen molar-refractivity contribution >= 4 is 29.7 Å². The highest BCUT2D eigenvalue weighted by Crippen LogP contribution is 2.29. The van der Waals surface area contributed by atoms with E-state index >= 15 is 0 Å². The first-order chi connectivity index (χ1) is 11.4. The quantitative estimate of drug-likeness (QED) is 0.875. The number of nitrogens with zero attached hydrogens (tertiary/aromatic N) is 5. The van der Waals surface area contributed by atoms with Gasteiger partial charge in [0, 0.05) is 12.4 Å². The number of aromatic nitrogens is 2. The number of allylic oxidation sites excluding steroid dienone is 2. The Hall–Kier alpha value is -3.48. The molecule has 110 valence electrons. The van der Waals surface area contributed by atoms with Gasteiger partial charge in [-0.25, -0.2) is 24.9 Å². The molecule has 0 unspecified atom stereocenters. The van der Waals surface area contributed by atoms with Gasteiger partial charge in [0.25, 0.3) is 0 Å². The molecule has 0 atom stereocenters. The fraction of sp³-hybridized carbons (Fsp3) is 0. The molecule has 0 amide bonds. The molecular formula is C16H11N7. The summed E-state index contributed by atoms with van der Waals surface area (Å²) in [6.45, 7) is 0. The second-order valence-corrected chi connectivity index (χ2v) is 5.18. The van der Waals surface area contributed by atoms with Crippen LogP contribution in [0.3, 0.4) is 0 Å². The fourth-order valence-corrected chi connectivity index (χ4v) is 2.71. The average molecular weight is 301 g/mol. The molecule has 3 aliphatic rings. The predicted octanol–water partition coefficient (Wildman–Crippen LogP) is 2.14. The Kier molecular flexibility index (Phi) is 2.37. The number of H-pyrrole nitrogens is 2. The summed E-state index contributed by atoms with van der Waals surface area (Å²) in [6, 6.07) is 7.86. The second-order valence-electron chi connectivity index (χ2n) is 5.18. The topological polar surface area (TPSA) is 84.3 Å². The van der Waals surface area contributed by atoms with Crippen molar-refractivity contribution in [2.24, 2.45) is 20.0 Å². The molecule has 2 N–H and O–H groups in total. The van der Waals surface area contributed by atoms with Crippen LogP contribution in [0.4, 0.5) is 0 Å². The highest BCUT2D eigenvalue weighted by molar-refractivity contribution is 6.21. The van der Waals surface area contributed by atoms with Crippen molar-refractivity contribution in [3.63, 3.8) is 0 Å². The Morgan fingerprint density at radius 3 is 2.48 bits per heavy atom. The number of nitrogens with one attached hydrogen (secondary N) is 2. The van der Waals surface area contributed by atoms with Crippen LogP contribution in [0.5, 0.6) is 0 Å². The van der Waals surface area contributed by atoms with E-state index in [9.17, 15) is 0 Å². The van der Waals surface area contributed by atoms with Gasteiger partial charge in [0.2, 0.25) is 11.9 Å². The minimum atomic E-state index is 0.572. The number of aliphatic imine (C=N–C) groups is 4. The van der Waals surface area contributed by atoms with Gasteiger partial charge in [-0.3, -0.25) is 0 Å². The van der Waals surface area contributed by atoms with E-state index in [4.69, 9.17) is 0 Å². The van der Waals surface area contributed by atoms with E-state index in [1.165, 1.54) is 6.34 Å². The highest BCUT2D eigenvalue weighted by Gasteiger charge is 2.30. The smallest absolute Gasteiger partial charge is 0.239 e. The van der Waals surface area contributed by atoms with Gasteiger partial charge in [-0.2, -0.15) is 0 Å². The summed E-state index contributed by atoms with van der Waals surface area (Å²) < 4.78 is 0. The Balaban J connectivity index is 1.68. The molecule has 0 radical (unpaired) electrons. The molecule has 0 aromatic carbocycles. The summed E-state index contributed by atoms with van der Waals surface area (Å²) in [5.41, 5.74) is 4.49. The molecule has 5 rings (SSSR count). The van der Waals surface area contributed by atoms with E-state index in [1.54, 1.807) is 0 Å². The maximum Gasteiger partial charge on any atom is 0.239 e. The lowest BCUT2D eigenvalue weighted by Gasteiger charge is -2.31. The van der Waals surface area contributed by atoms with Crippen LogP contribution in [0.1, 0.15) is 11.4 Å². The summed E-state index contributed by atoms with van der Waals surface area (Å²) in [4.78, 5) is 25.9. The maximum absolute atomic E-state index is 4.59. The zero-order valence-electron chi connectivity index (χ0n) is 11.9. The van der Waals surface area contributed by atoms with Crippen LogP contribution in [0.25, 0.3) is 5.70 Å². The number of rotatable bonds is 2. The summed E-state index contributed by atoms with van der Waals surface area (Å²) in [7, 11) is 0. The van der Waals surface area contributed by atoms with Gasteiger partial charge in [-0.05, 0) is 36.4 Å². The molecule has 0 spiro atoms. The van der Waals surface area contributed by atoms with Crippen molar-refractivity contribution in [1.82, 2.24) is 14.9 Å². The molecule has 0 saturated heterocycles. The second kappa shape index (κ2) is 4.51. The molecule has 0 aliphatic carbocycles. The van der Waals surface area contributed by atoms with Crippen LogP contribution >= 0.6 is 0 Å². The average Bonchev–Trinajstić information content (AvgIpc) is 3.28. The SMILES string of the molecule is C1=NC2=NC(c3ccc[nH]3)=CC3=CC(c4ccc[nH]4)=NC(=N1)N32. The maximum atomic E-state index is 4.59. The lowest BCUT2D eigenvalue weighted by Crippen LogP contribution is -2.40. The minimum Gasteiger partial charge on any atom is -0.360 e. The van der Waals surface area contributed by atoms with Crippen LogP contribution < -0.4 is 0 Å². The highest BCUT2D eigenvalue weighted by atomic mass is 15.4. The zero-order valence-corrected chi connectivity index (χ0v) is 11.9. The first-order valence-corrected chi connectivity index (χ1v) is 7.17. The van der Waals surface area contributed by atoms with Crippen LogP contribution in [0, 0.1) is 0 Å². The molecule has 5 heterocycles. The van der Waals surface area contributed by atoms with E-state index in [-0.39, 0.29) is 0 Å². The zero-order chi connectivity index (χ0) is 15.2. The van der Waals surface area contributed by atoms with Gasteiger partial charge < -0.3 is 9.97 Å². The third-order valence-electron chi connectivity index (χ3n) is 3.76. The normalized spacial score (nSPS) is 18.6. The molecule has 3 aliphatic heterocycles. The molecule has 0 bridgehead atoms. The van der Waals surface area contributed by atoms with Crippen molar-refractivity contribution in [3.8, 4) is 0 Å². The molecule has 23 heavy (non-hydrogen) atoms. The Labute approximate surface area is 131 Å². The van der Waals surface area contributed by atoms with E-state index in [0.29, 0.717) is 11.9 Å². The van der Waals surface area contributed by atoms with Crippen molar-refractivity contribution in [1.29, 1.82) is 0 Å². The molecule has 2 aromatic heterocycles. The molecular weight excluding hydrogens is 290 g/mol. The van der Waals surface area contributed by atoms with Gasteiger partial charge >= 0.3 is 0 Å². The van der Waals surface area contributed by atoms with E-state index in [2.05, 4.69) is 29.9 Å². The number of hydrogen-bond acceptors (Lipinski definition) is 5. The number of guanidine groups is 2. The Bertz CT molecular complexity index is 916. The Morgan fingerprint density at radius 2 is 1.70 bits per heavy atom. The molecule has 7 nitrogen and oxygen atoms in total. The summed E-state index contributed by atoms with van der Waals surface area (Å²) in [5, 5.41) is 0. The molecule has 7 heteroatoms. The van der Waals surface area contributed by atoms with E-state index in [1.807, 2.05) is 53.7 Å². The number of hydrogen-bond donors (Lipinski definition) is 2. The van der Waals surface area contributed by atoms with Gasteiger partial charge in [-0.1, -0.05) is 0 Å². The largest absolute Gasteiger partial charge is 0.360 e. The summed E-state index contributed by atoms with van der Waals surface area (Å²) in [5.74, 6) is 1.14. The van der Waals surface area contributed by atoms with Gasteiger partial charge in [0.1, 0.15) is 6.34 Å². The van der Waals surface area contributed by atoms with Crippen molar-refractivity contribution < 1.29 is 0 Å². The first-order valence-electron chi connectivity index (χ1n) is 7.17. The monoisotopic (exact) mass is 301 g/mol. The molecule has 2 aromatic rings. The third kappa shape index (κ3) is 1.83. The van der Waals surface area contributed by atoms with E-state index < -0.39 is 0 Å². The van der Waals surface area contributed by atoms with Crippen LogP contribution in [0.2, 0.25) is 0 Å². The van der Waals surface area contributed by atoms with Crippen LogP contribution in [-0.4, -0.2) is 38.8 Å². The molecule has 0 saturated carbocycles. The summed E-state index contributed by atoms with van der Waals surface area (Å²) >= 11 is 0. The third-order valence-corrected chi connectivity index (χ3v) is 3.76. The lowest BCUT2D eigenvalue weighted by atomic mass is 10.1. The Morgan fingerprint density at radius 1 is 0.870 bits per heavy atom. The van der Waals surface area contributed by atoms with Crippen LogP contribution in [-0.2, 0) is 0 Å². The van der Waals surface area contributed by atoms with Crippen molar-refractivity contribution in [2.75, 3.05) is 0 Å². The molecule has 0 fully saturated rings. The van der Waals surface area contributed by atoms with E-state index in [0.717, 1.165) is 28.5 Å².